The van der Waals surface area contributed by atoms with Crippen LogP contribution in [-0.4, -0.2) is 48.4 Å². The minimum Gasteiger partial charge on any atom is -0.352 e. The second-order valence-corrected chi connectivity index (χ2v) is 5.27. The zero-order valence-electron chi connectivity index (χ0n) is 11.8. The van der Waals surface area contributed by atoms with Gasteiger partial charge in [-0.25, -0.2) is 0 Å². The molecular weight excluding hydrogens is 230 g/mol. The van der Waals surface area contributed by atoms with Gasteiger partial charge in [0.25, 0.3) is 0 Å². The maximum atomic E-state index is 12.3. The summed E-state index contributed by atoms with van der Waals surface area (Å²) in [6, 6.07) is -0.0216. The Bertz CT molecular complexity index is 305. The first kappa shape index (κ1) is 15.0. The lowest BCUT2D eigenvalue weighted by Gasteiger charge is -2.26. The van der Waals surface area contributed by atoms with E-state index in [4.69, 9.17) is 0 Å². The van der Waals surface area contributed by atoms with Crippen molar-refractivity contribution < 1.29 is 9.59 Å². The zero-order valence-corrected chi connectivity index (χ0v) is 11.8. The highest BCUT2D eigenvalue weighted by molar-refractivity contribution is 5.88. The van der Waals surface area contributed by atoms with Crippen molar-refractivity contribution in [2.24, 2.45) is 5.92 Å². The fourth-order valence-electron chi connectivity index (χ4n) is 2.25. The lowest BCUT2D eigenvalue weighted by atomic mass is 10.0. The summed E-state index contributed by atoms with van der Waals surface area (Å²) in [5.41, 5.74) is 0. The number of amides is 2. The van der Waals surface area contributed by atoms with Gasteiger partial charge in [0, 0.05) is 12.6 Å². The third-order valence-electron chi connectivity index (χ3n) is 3.28. The molecule has 0 radical (unpaired) electrons. The molecule has 1 aliphatic rings. The molecule has 0 bridgehead atoms. The zero-order chi connectivity index (χ0) is 13.7. The van der Waals surface area contributed by atoms with Gasteiger partial charge in [-0.05, 0) is 39.7 Å². The molecule has 5 nitrogen and oxygen atoms in total. The van der Waals surface area contributed by atoms with Crippen LogP contribution in [0, 0.1) is 5.92 Å². The lowest BCUT2D eigenvalue weighted by molar-refractivity contribution is -0.138. The van der Waals surface area contributed by atoms with Gasteiger partial charge in [0.05, 0.1) is 12.6 Å². The molecule has 104 valence electrons. The van der Waals surface area contributed by atoms with E-state index in [2.05, 4.69) is 17.6 Å². The van der Waals surface area contributed by atoms with Crippen LogP contribution in [0.2, 0.25) is 0 Å². The van der Waals surface area contributed by atoms with Crippen molar-refractivity contribution in [2.45, 2.75) is 46.2 Å². The normalized spacial score (nSPS) is 23.2. The number of nitrogens with zero attached hydrogens (tertiary/aromatic N) is 1. The predicted octanol–water partition coefficient (Wildman–Crippen LogP) is 0.358. The van der Waals surface area contributed by atoms with Gasteiger partial charge >= 0.3 is 0 Å². The molecule has 1 fully saturated rings. The molecule has 1 rings (SSSR count). The number of rotatable bonds is 5. The Morgan fingerprint density at radius 2 is 2.11 bits per heavy atom. The first-order valence-electron chi connectivity index (χ1n) is 6.77. The monoisotopic (exact) mass is 255 g/mol. The van der Waals surface area contributed by atoms with Crippen molar-refractivity contribution in [1.82, 2.24) is 15.5 Å². The molecule has 2 amide bonds. The second-order valence-electron chi connectivity index (χ2n) is 5.27. The van der Waals surface area contributed by atoms with Crippen LogP contribution in [0.3, 0.4) is 0 Å². The highest BCUT2D eigenvalue weighted by Gasteiger charge is 2.32. The van der Waals surface area contributed by atoms with E-state index in [1.165, 1.54) is 0 Å². The Kier molecular flexibility index (Phi) is 5.59. The maximum absolute atomic E-state index is 12.3. The number of carbonyl (C=O) groups excluding carboxylic acids is 2. The summed E-state index contributed by atoms with van der Waals surface area (Å²) >= 11 is 0. The summed E-state index contributed by atoms with van der Waals surface area (Å²) in [6.07, 6.45) is 1.02. The van der Waals surface area contributed by atoms with E-state index in [1.807, 2.05) is 20.8 Å². The van der Waals surface area contributed by atoms with Gasteiger partial charge in [0.15, 0.2) is 0 Å². The van der Waals surface area contributed by atoms with Crippen molar-refractivity contribution in [3.8, 4) is 0 Å². The summed E-state index contributed by atoms with van der Waals surface area (Å²) < 4.78 is 0. The minimum absolute atomic E-state index is 0.0430. The molecule has 0 aromatic carbocycles. The fraction of sp³-hybridized carbons (Fsp3) is 0.846. The second kappa shape index (κ2) is 6.73. The molecule has 0 aliphatic carbocycles. The summed E-state index contributed by atoms with van der Waals surface area (Å²) in [5, 5.41) is 6.02. The van der Waals surface area contributed by atoms with E-state index < -0.39 is 0 Å². The molecule has 0 aromatic heterocycles. The Morgan fingerprint density at radius 1 is 1.44 bits per heavy atom. The van der Waals surface area contributed by atoms with E-state index in [1.54, 1.807) is 4.90 Å². The van der Waals surface area contributed by atoms with Crippen molar-refractivity contribution in [3.63, 3.8) is 0 Å². The SMILES string of the molecule is CCN(CC(=O)NC(C)C)C(=O)C1NCCC1C. The number of likely N-dealkylation sites (N-methyl/N-ethyl adjacent to an activating group) is 1. The van der Waals surface area contributed by atoms with Crippen LogP contribution in [0.25, 0.3) is 0 Å². The molecule has 18 heavy (non-hydrogen) atoms. The fourth-order valence-corrected chi connectivity index (χ4v) is 2.25. The largest absolute Gasteiger partial charge is 0.352 e. The van der Waals surface area contributed by atoms with Gasteiger partial charge in [-0.1, -0.05) is 6.92 Å². The van der Waals surface area contributed by atoms with Crippen LogP contribution in [0.1, 0.15) is 34.1 Å². The van der Waals surface area contributed by atoms with Gasteiger partial charge in [-0.3, -0.25) is 9.59 Å². The highest BCUT2D eigenvalue weighted by atomic mass is 16.2. The van der Waals surface area contributed by atoms with Crippen molar-refractivity contribution in [1.29, 1.82) is 0 Å². The molecule has 0 spiro atoms. The predicted molar refractivity (Wildman–Crippen MR) is 71.1 cm³/mol. The van der Waals surface area contributed by atoms with Crippen LogP contribution in [0.5, 0.6) is 0 Å². The first-order valence-corrected chi connectivity index (χ1v) is 6.77. The molecule has 0 aromatic rings. The van der Waals surface area contributed by atoms with E-state index in [0.29, 0.717) is 12.5 Å². The van der Waals surface area contributed by atoms with Gasteiger partial charge in [-0.2, -0.15) is 0 Å². The first-order chi connectivity index (χ1) is 8.45. The molecular formula is C13H25N3O2. The van der Waals surface area contributed by atoms with Crippen LogP contribution in [-0.2, 0) is 9.59 Å². The molecule has 2 N–H and O–H groups in total. The van der Waals surface area contributed by atoms with Gasteiger partial charge in [0.1, 0.15) is 0 Å². The molecule has 1 saturated heterocycles. The van der Waals surface area contributed by atoms with Gasteiger partial charge in [-0.15, -0.1) is 0 Å². The van der Waals surface area contributed by atoms with Gasteiger partial charge < -0.3 is 15.5 Å². The maximum Gasteiger partial charge on any atom is 0.240 e. The van der Waals surface area contributed by atoms with Crippen LogP contribution < -0.4 is 10.6 Å². The van der Waals surface area contributed by atoms with E-state index >= 15 is 0 Å². The summed E-state index contributed by atoms with van der Waals surface area (Å²) in [6.45, 7) is 9.40. The Morgan fingerprint density at radius 3 is 2.56 bits per heavy atom. The Balaban J connectivity index is 2.54. The summed E-state index contributed by atoms with van der Waals surface area (Å²) in [5.74, 6) is 0.298. The van der Waals surface area contributed by atoms with E-state index in [-0.39, 0.29) is 30.4 Å². The highest BCUT2D eigenvalue weighted by Crippen LogP contribution is 2.16. The molecule has 5 heteroatoms. The van der Waals surface area contributed by atoms with Crippen molar-refractivity contribution in [3.05, 3.63) is 0 Å². The number of nitrogens with one attached hydrogen (secondary N) is 2. The molecule has 1 aliphatic heterocycles. The van der Waals surface area contributed by atoms with Gasteiger partial charge in [0.2, 0.25) is 11.8 Å². The van der Waals surface area contributed by atoms with Crippen molar-refractivity contribution >= 4 is 11.8 Å². The lowest BCUT2D eigenvalue weighted by Crippen LogP contribution is -2.49. The number of hydrogen-bond donors (Lipinski definition) is 2. The van der Waals surface area contributed by atoms with Crippen LogP contribution in [0.4, 0.5) is 0 Å². The minimum atomic E-state index is -0.128. The molecule has 2 atom stereocenters. The average Bonchev–Trinajstić information content (AvgIpc) is 2.70. The summed E-state index contributed by atoms with van der Waals surface area (Å²) in [7, 11) is 0. The van der Waals surface area contributed by atoms with Crippen LogP contribution >= 0.6 is 0 Å². The number of carbonyl (C=O) groups is 2. The smallest absolute Gasteiger partial charge is 0.240 e. The Labute approximate surface area is 109 Å². The third-order valence-corrected chi connectivity index (χ3v) is 3.28. The van der Waals surface area contributed by atoms with Crippen molar-refractivity contribution in [2.75, 3.05) is 19.6 Å². The number of hydrogen-bond acceptors (Lipinski definition) is 3. The van der Waals surface area contributed by atoms with E-state index in [0.717, 1.165) is 13.0 Å². The standard InChI is InChI=1S/C13H25N3O2/c1-5-16(8-11(17)15-9(2)3)13(18)12-10(4)6-7-14-12/h9-10,12,14H,5-8H2,1-4H3,(H,15,17). The summed E-state index contributed by atoms with van der Waals surface area (Å²) in [4.78, 5) is 25.6. The van der Waals surface area contributed by atoms with E-state index in [9.17, 15) is 9.59 Å². The molecule has 2 unspecified atom stereocenters. The molecule has 0 saturated carbocycles. The average molecular weight is 255 g/mol. The molecule has 1 heterocycles. The quantitative estimate of drug-likeness (QED) is 0.745. The third kappa shape index (κ3) is 3.98. The Hall–Kier alpha value is -1.10. The topological polar surface area (TPSA) is 61.4 Å². The van der Waals surface area contributed by atoms with Crippen LogP contribution in [0.15, 0.2) is 0 Å².